The molecule has 1 aromatic rings. The quantitative estimate of drug-likeness (QED) is 0.444. The van der Waals surface area contributed by atoms with Crippen molar-refractivity contribution in [3.63, 3.8) is 0 Å². The van der Waals surface area contributed by atoms with Crippen molar-refractivity contribution in [3.8, 4) is 5.75 Å². The highest BCUT2D eigenvalue weighted by Crippen LogP contribution is 2.49. The summed E-state index contributed by atoms with van der Waals surface area (Å²) < 4.78 is 33.0. The Balaban J connectivity index is 1.54. The van der Waals surface area contributed by atoms with E-state index in [9.17, 15) is 13.2 Å². The first-order valence-corrected chi connectivity index (χ1v) is 11.6. The highest BCUT2D eigenvalue weighted by atomic mass is 32.2. The van der Waals surface area contributed by atoms with E-state index >= 15 is 0 Å². The van der Waals surface area contributed by atoms with Crippen LogP contribution in [0.1, 0.15) is 44.1 Å². The standard InChI is InChI=1S/C22H29NO5S/c1-28-19-9-7-16(8-10-19)11-12-29(26,27)23-21-15-17-13-18(20(21)14-17)5-3-2-4-6-22(24)25/h3,5,7-12,17-18,20-21,23H,2,4,6,13-15H2,1H3,(H,24,25)/b5-3+,12-11+. The van der Waals surface area contributed by atoms with E-state index in [0.717, 1.165) is 37.0 Å². The zero-order valence-corrected chi connectivity index (χ0v) is 17.5. The smallest absolute Gasteiger partial charge is 0.303 e. The fraction of sp³-hybridized carbons (Fsp3) is 0.500. The number of benzene rings is 1. The number of ether oxygens (including phenoxy) is 1. The minimum Gasteiger partial charge on any atom is -0.497 e. The largest absolute Gasteiger partial charge is 0.497 e. The van der Waals surface area contributed by atoms with Gasteiger partial charge in [0.1, 0.15) is 5.75 Å². The van der Waals surface area contributed by atoms with Crippen molar-refractivity contribution >= 4 is 22.1 Å². The van der Waals surface area contributed by atoms with Crippen molar-refractivity contribution in [2.75, 3.05) is 7.11 Å². The average Bonchev–Trinajstić information content (AvgIpc) is 3.26. The first-order valence-electron chi connectivity index (χ1n) is 10.1. The van der Waals surface area contributed by atoms with Crippen LogP contribution < -0.4 is 9.46 Å². The number of carbonyl (C=O) groups is 1. The molecule has 2 saturated carbocycles. The summed E-state index contributed by atoms with van der Waals surface area (Å²) in [6, 6.07) is 7.18. The van der Waals surface area contributed by atoms with Crippen molar-refractivity contribution in [1.82, 2.24) is 4.72 Å². The summed E-state index contributed by atoms with van der Waals surface area (Å²) in [5.41, 5.74) is 0.797. The Morgan fingerprint density at radius 3 is 2.66 bits per heavy atom. The number of hydrogen-bond acceptors (Lipinski definition) is 4. The molecule has 2 bridgehead atoms. The van der Waals surface area contributed by atoms with Gasteiger partial charge in [0.2, 0.25) is 10.0 Å². The Morgan fingerprint density at radius 2 is 2.00 bits per heavy atom. The second kappa shape index (κ2) is 9.59. The zero-order valence-electron chi connectivity index (χ0n) is 16.7. The lowest BCUT2D eigenvalue weighted by Gasteiger charge is -2.27. The predicted octanol–water partition coefficient (Wildman–Crippen LogP) is 3.81. The summed E-state index contributed by atoms with van der Waals surface area (Å²) in [6.07, 6.45) is 10.4. The molecule has 0 saturated heterocycles. The molecule has 0 radical (unpaired) electrons. The van der Waals surface area contributed by atoms with Gasteiger partial charge in [-0.3, -0.25) is 4.79 Å². The Labute approximate surface area is 172 Å². The molecule has 0 spiro atoms. The lowest BCUT2D eigenvalue weighted by Crippen LogP contribution is -2.40. The van der Waals surface area contributed by atoms with E-state index < -0.39 is 16.0 Å². The van der Waals surface area contributed by atoms with Gasteiger partial charge >= 0.3 is 5.97 Å². The number of fused-ring (bicyclic) bond motifs is 2. The fourth-order valence-corrected chi connectivity index (χ4v) is 5.64. The second-order valence-corrected chi connectivity index (χ2v) is 9.56. The lowest BCUT2D eigenvalue weighted by atomic mass is 9.85. The van der Waals surface area contributed by atoms with E-state index in [1.54, 1.807) is 25.3 Å². The third kappa shape index (κ3) is 6.18. The van der Waals surface area contributed by atoms with Crippen LogP contribution in [0.3, 0.4) is 0 Å². The third-order valence-electron chi connectivity index (χ3n) is 5.88. The monoisotopic (exact) mass is 419 g/mol. The maximum atomic E-state index is 12.5. The molecule has 2 fully saturated rings. The molecule has 4 unspecified atom stereocenters. The molecule has 1 aromatic carbocycles. The maximum Gasteiger partial charge on any atom is 0.303 e. The molecule has 2 aliphatic rings. The van der Waals surface area contributed by atoms with Gasteiger partial charge in [0.15, 0.2) is 0 Å². The number of nitrogens with one attached hydrogen (secondary N) is 1. The Kier molecular flexibility index (Phi) is 7.14. The average molecular weight is 420 g/mol. The van der Waals surface area contributed by atoms with Crippen LogP contribution in [0.5, 0.6) is 5.75 Å². The number of aliphatic carboxylic acids is 1. The van der Waals surface area contributed by atoms with Gasteiger partial charge in [0, 0.05) is 17.9 Å². The summed E-state index contributed by atoms with van der Waals surface area (Å²) in [6.45, 7) is 0. The minimum absolute atomic E-state index is 0.0343. The molecule has 29 heavy (non-hydrogen) atoms. The molecule has 158 valence electrons. The summed E-state index contributed by atoms with van der Waals surface area (Å²) in [5, 5.41) is 9.93. The number of carboxylic acid groups (broad SMARTS) is 1. The summed E-state index contributed by atoms with van der Waals surface area (Å²) in [4.78, 5) is 10.6. The van der Waals surface area contributed by atoms with Gasteiger partial charge in [0.25, 0.3) is 0 Å². The first kappa shape index (κ1) is 21.6. The lowest BCUT2D eigenvalue weighted by molar-refractivity contribution is -0.137. The first-order chi connectivity index (χ1) is 13.9. The molecule has 0 aromatic heterocycles. The van der Waals surface area contributed by atoms with Gasteiger partial charge in [-0.05, 0) is 73.6 Å². The Bertz CT molecular complexity index is 860. The fourth-order valence-electron chi connectivity index (χ4n) is 4.54. The molecule has 6 nitrogen and oxygen atoms in total. The number of unbranched alkanes of at least 4 members (excludes halogenated alkanes) is 1. The molecule has 3 rings (SSSR count). The van der Waals surface area contributed by atoms with Crippen LogP contribution in [0.4, 0.5) is 0 Å². The molecule has 7 heteroatoms. The summed E-state index contributed by atoms with van der Waals surface area (Å²) >= 11 is 0. The van der Waals surface area contributed by atoms with Crippen molar-refractivity contribution < 1.29 is 23.1 Å². The van der Waals surface area contributed by atoms with Gasteiger partial charge in [-0.1, -0.05) is 24.3 Å². The van der Waals surface area contributed by atoms with E-state index in [1.165, 1.54) is 5.41 Å². The zero-order chi connectivity index (χ0) is 20.9. The molecule has 0 heterocycles. The third-order valence-corrected chi connectivity index (χ3v) is 7.01. The van der Waals surface area contributed by atoms with E-state index in [-0.39, 0.29) is 12.5 Å². The van der Waals surface area contributed by atoms with Crippen LogP contribution in [-0.4, -0.2) is 32.6 Å². The number of rotatable bonds is 10. The van der Waals surface area contributed by atoms with E-state index in [4.69, 9.17) is 9.84 Å². The van der Waals surface area contributed by atoms with Crippen molar-refractivity contribution in [1.29, 1.82) is 0 Å². The predicted molar refractivity (Wildman–Crippen MR) is 113 cm³/mol. The number of hydrogen-bond donors (Lipinski definition) is 2. The van der Waals surface area contributed by atoms with Crippen LogP contribution in [0, 0.1) is 17.8 Å². The van der Waals surface area contributed by atoms with Crippen LogP contribution in [0.15, 0.2) is 41.8 Å². The van der Waals surface area contributed by atoms with Crippen LogP contribution in [0.25, 0.3) is 6.08 Å². The molecule has 2 N–H and O–H groups in total. The molecule has 4 atom stereocenters. The van der Waals surface area contributed by atoms with E-state index in [1.807, 2.05) is 12.1 Å². The topological polar surface area (TPSA) is 92.7 Å². The van der Waals surface area contributed by atoms with Crippen LogP contribution in [0.2, 0.25) is 0 Å². The molecule has 2 aliphatic carbocycles. The Morgan fingerprint density at radius 1 is 1.24 bits per heavy atom. The number of sulfonamides is 1. The van der Waals surface area contributed by atoms with Gasteiger partial charge < -0.3 is 9.84 Å². The molecule has 0 aliphatic heterocycles. The number of methoxy groups -OCH3 is 1. The summed E-state index contributed by atoms with van der Waals surface area (Å²) in [7, 11) is -1.92. The molecule has 0 amide bonds. The van der Waals surface area contributed by atoms with Crippen LogP contribution >= 0.6 is 0 Å². The minimum atomic E-state index is -3.51. The molecular weight excluding hydrogens is 390 g/mol. The normalized spacial score (nSPS) is 26.5. The van der Waals surface area contributed by atoms with Gasteiger partial charge in [-0.15, -0.1) is 0 Å². The summed E-state index contributed by atoms with van der Waals surface area (Å²) in [5.74, 6) is 1.21. The number of carboxylic acids is 1. The van der Waals surface area contributed by atoms with E-state index in [0.29, 0.717) is 24.2 Å². The van der Waals surface area contributed by atoms with Gasteiger partial charge in [-0.2, -0.15) is 0 Å². The van der Waals surface area contributed by atoms with E-state index in [2.05, 4.69) is 16.9 Å². The molecular formula is C22H29NO5S. The number of allylic oxidation sites excluding steroid dienone is 2. The SMILES string of the molecule is COc1ccc(/C=C/S(=O)(=O)NC2CC3CC(/C=C/CCCC(=O)O)C2C3)cc1. The van der Waals surface area contributed by atoms with Crippen molar-refractivity contribution in [2.45, 2.75) is 44.6 Å². The van der Waals surface area contributed by atoms with Gasteiger partial charge in [-0.25, -0.2) is 13.1 Å². The van der Waals surface area contributed by atoms with Crippen LogP contribution in [-0.2, 0) is 14.8 Å². The second-order valence-electron chi connectivity index (χ2n) is 7.96. The van der Waals surface area contributed by atoms with Gasteiger partial charge in [0.05, 0.1) is 7.11 Å². The highest BCUT2D eigenvalue weighted by molar-refractivity contribution is 7.92. The van der Waals surface area contributed by atoms with Crippen molar-refractivity contribution in [2.24, 2.45) is 17.8 Å². The Hall–Kier alpha value is -2.12. The highest BCUT2D eigenvalue weighted by Gasteiger charge is 2.46. The van der Waals surface area contributed by atoms with Crippen molar-refractivity contribution in [3.05, 3.63) is 47.4 Å². The maximum absolute atomic E-state index is 12.5.